The molecule has 0 heteroatoms. The molecule has 0 atom stereocenters. The topological polar surface area (TPSA) is 0 Å². The van der Waals surface area contributed by atoms with E-state index >= 15 is 0 Å². The fraction of sp³-hybridized carbons (Fsp3) is 0.267. The first-order valence-electron chi connectivity index (χ1n) is 11.0. The van der Waals surface area contributed by atoms with Crippen molar-refractivity contribution in [2.75, 3.05) is 0 Å². The highest BCUT2D eigenvalue weighted by Crippen LogP contribution is 2.21. The molecule has 0 saturated heterocycles. The Bertz CT molecular complexity index is 1030. The number of unbranched alkanes of at least 4 members (excludes halogenated alkanes) is 3. The van der Waals surface area contributed by atoms with E-state index in [2.05, 4.69) is 103 Å². The summed E-state index contributed by atoms with van der Waals surface area (Å²) in [5, 5.41) is 0. The van der Waals surface area contributed by atoms with Gasteiger partial charge in [-0.1, -0.05) is 92.5 Å². The Kier molecular flexibility index (Phi) is 8.38. The van der Waals surface area contributed by atoms with Gasteiger partial charge in [0, 0.05) is 17.5 Å². The number of aryl methyl sites for hydroxylation is 1. The van der Waals surface area contributed by atoms with E-state index in [1.807, 2.05) is 6.92 Å². The van der Waals surface area contributed by atoms with Crippen LogP contribution in [0.5, 0.6) is 0 Å². The second-order valence-electron chi connectivity index (χ2n) is 7.64. The molecular formula is C30H30. The van der Waals surface area contributed by atoms with Gasteiger partial charge in [-0.15, -0.1) is 5.92 Å². The summed E-state index contributed by atoms with van der Waals surface area (Å²) < 4.78 is 0. The van der Waals surface area contributed by atoms with Crippen molar-refractivity contribution in [1.29, 1.82) is 0 Å². The van der Waals surface area contributed by atoms with Crippen molar-refractivity contribution >= 4 is 0 Å². The molecule has 0 unspecified atom stereocenters. The summed E-state index contributed by atoms with van der Waals surface area (Å²) in [4.78, 5) is 0. The lowest BCUT2D eigenvalue weighted by Crippen LogP contribution is -1.86. The van der Waals surface area contributed by atoms with Crippen molar-refractivity contribution in [1.82, 2.24) is 0 Å². The fourth-order valence-electron chi connectivity index (χ4n) is 3.41. The Balaban J connectivity index is 1.60. The molecule has 0 N–H and O–H groups in total. The third kappa shape index (κ3) is 6.69. The van der Waals surface area contributed by atoms with E-state index in [1.54, 1.807) is 0 Å². The molecule has 0 spiro atoms. The lowest BCUT2D eigenvalue weighted by molar-refractivity contribution is 0.667. The van der Waals surface area contributed by atoms with Gasteiger partial charge < -0.3 is 0 Å². The third-order valence-electron chi connectivity index (χ3n) is 5.27. The summed E-state index contributed by atoms with van der Waals surface area (Å²) in [6.45, 7) is 4.13. The first-order chi connectivity index (χ1) is 14.8. The van der Waals surface area contributed by atoms with Gasteiger partial charge in [-0.25, -0.2) is 0 Å². The molecule has 0 aromatic heterocycles. The Morgan fingerprint density at radius 3 is 1.70 bits per heavy atom. The average molecular weight is 391 g/mol. The molecule has 0 saturated carbocycles. The van der Waals surface area contributed by atoms with Crippen molar-refractivity contribution in [3.8, 4) is 34.8 Å². The molecule has 0 bridgehead atoms. The lowest BCUT2D eigenvalue weighted by Gasteiger charge is -2.05. The maximum Gasteiger partial charge on any atom is 0.0340 e. The van der Waals surface area contributed by atoms with Gasteiger partial charge in [0.1, 0.15) is 0 Å². The predicted octanol–water partition coefficient (Wildman–Crippen LogP) is 7.44. The fourth-order valence-corrected chi connectivity index (χ4v) is 3.41. The van der Waals surface area contributed by atoms with Crippen LogP contribution in [0.1, 0.15) is 61.8 Å². The van der Waals surface area contributed by atoms with Gasteiger partial charge in [-0.05, 0) is 66.3 Å². The van der Waals surface area contributed by atoms with Gasteiger partial charge in [0.05, 0.1) is 0 Å². The van der Waals surface area contributed by atoms with E-state index in [0.717, 1.165) is 17.5 Å². The van der Waals surface area contributed by atoms with Crippen LogP contribution in [-0.2, 0) is 12.8 Å². The zero-order valence-electron chi connectivity index (χ0n) is 18.2. The van der Waals surface area contributed by atoms with Gasteiger partial charge in [0.2, 0.25) is 0 Å². The van der Waals surface area contributed by atoms with Crippen molar-refractivity contribution < 1.29 is 0 Å². The molecule has 0 aliphatic heterocycles. The van der Waals surface area contributed by atoms with Crippen LogP contribution in [0.3, 0.4) is 0 Å². The van der Waals surface area contributed by atoms with E-state index in [0.29, 0.717) is 0 Å². The minimum atomic E-state index is 0.797. The molecule has 0 aliphatic rings. The molecule has 30 heavy (non-hydrogen) atoms. The first-order valence-corrected chi connectivity index (χ1v) is 11.0. The van der Waals surface area contributed by atoms with Gasteiger partial charge >= 0.3 is 0 Å². The third-order valence-corrected chi connectivity index (χ3v) is 5.27. The SMILES string of the molecule is CC#CCc1ccc(C#Cc2ccc(-c3ccc(CCCCCC)cc3)cc2)cc1. The highest BCUT2D eigenvalue weighted by Gasteiger charge is 1.99. The minimum absolute atomic E-state index is 0.797. The summed E-state index contributed by atoms with van der Waals surface area (Å²) in [6.07, 6.45) is 7.23. The molecule has 0 fully saturated rings. The van der Waals surface area contributed by atoms with Gasteiger partial charge in [-0.2, -0.15) is 0 Å². The van der Waals surface area contributed by atoms with Gasteiger partial charge in [0.15, 0.2) is 0 Å². The maximum absolute atomic E-state index is 3.27. The first kappa shape index (κ1) is 21.5. The Morgan fingerprint density at radius 2 is 1.13 bits per heavy atom. The van der Waals surface area contributed by atoms with E-state index in [1.165, 1.54) is 54.4 Å². The molecular weight excluding hydrogens is 360 g/mol. The Labute approximate surface area is 182 Å². The van der Waals surface area contributed by atoms with Crippen LogP contribution in [0.4, 0.5) is 0 Å². The molecule has 0 radical (unpaired) electrons. The van der Waals surface area contributed by atoms with Crippen LogP contribution in [0.2, 0.25) is 0 Å². The normalized spacial score (nSPS) is 9.93. The van der Waals surface area contributed by atoms with E-state index < -0.39 is 0 Å². The second-order valence-corrected chi connectivity index (χ2v) is 7.64. The van der Waals surface area contributed by atoms with Gasteiger partial charge in [-0.3, -0.25) is 0 Å². The van der Waals surface area contributed by atoms with Crippen molar-refractivity contribution in [3.63, 3.8) is 0 Å². The Morgan fingerprint density at radius 1 is 0.600 bits per heavy atom. The molecule has 3 aromatic rings. The molecule has 150 valence electrons. The Hall–Kier alpha value is -3.22. The van der Waals surface area contributed by atoms with Crippen LogP contribution >= 0.6 is 0 Å². The zero-order chi connectivity index (χ0) is 21.0. The molecule has 0 aliphatic carbocycles. The summed E-state index contributed by atoms with van der Waals surface area (Å²) in [7, 11) is 0. The lowest BCUT2D eigenvalue weighted by atomic mass is 10.0. The zero-order valence-corrected chi connectivity index (χ0v) is 18.2. The molecule has 3 aromatic carbocycles. The second kappa shape index (κ2) is 11.7. The molecule has 0 heterocycles. The van der Waals surface area contributed by atoms with Crippen LogP contribution < -0.4 is 0 Å². The molecule has 3 rings (SSSR count). The van der Waals surface area contributed by atoms with Gasteiger partial charge in [0.25, 0.3) is 0 Å². The standard InChI is InChI=1S/C30H30/c1-3-5-7-8-10-26-17-21-29(22-18-26)30-23-19-28(20-24-30)16-15-27-13-11-25(12-14-27)9-6-4-2/h11-14,17-24H,3,5,7-10H2,1-2H3. The van der Waals surface area contributed by atoms with Crippen LogP contribution in [0.15, 0.2) is 72.8 Å². The monoisotopic (exact) mass is 390 g/mol. The highest BCUT2D eigenvalue weighted by molar-refractivity contribution is 5.64. The van der Waals surface area contributed by atoms with Crippen LogP contribution in [-0.4, -0.2) is 0 Å². The number of rotatable bonds is 7. The van der Waals surface area contributed by atoms with E-state index in [-0.39, 0.29) is 0 Å². The van der Waals surface area contributed by atoms with E-state index in [9.17, 15) is 0 Å². The van der Waals surface area contributed by atoms with Crippen molar-refractivity contribution in [2.24, 2.45) is 0 Å². The predicted molar refractivity (Wildman–Crippen MR) is 129 cm³/mol. The van der Waals surface area contributed by atoms with E-state index in [4.69, 9.17) is 0 Å². The quantitative estimate of drug-likeness (QED) is 0.290. The molecule has 0 amide bonds. The summed E-state index contributed by atoms with van der Waals surface area (Å²) in [6, 6.07) is 25.9. The minimum Gasteiger partial charge on any atom is -0.106 e. The highest BCUT2D eigenvalue weighted by atomic mass is 14.0. The smallest absolute Gasteiger partial charge is 0.0340 e. The summed E-state index contributed by atoms with van der Waals surface area (Å²) in [5.74, 6) is 12.5. The van der Waals surface area contributed by atoms with Crippen LogP contribution in [0, 0.1) is 23.7 Å². The van der Waals surface area contributed by atoms with Crippen LogP contribution in [0.25, 0.3) is 11.1 Å². The van der Waals surface area contributed by atoms with Crippen molar-refractivity contribution in [3.05, 3.63) is 95.1 Å². The number of hydrogen-bond donors (Lipinski definition) is 0. The number of hydrogen-bond acceptors (Lipinski definition) is 0. The number of benzene rings is 3. The molecule has 0 nitrogen and oxygen atoms in total. The van der Waals surface area contributed by atoms with Crippen molar-refractivity contribution in [2.45, 2.75) is 52.4 Å². The largest absolute Gasteiger partial charge is 0.106 e. The average Bonchev–Trinajstić information content (AvgIpc) is 2.81. The summed E-state index contributed by atoms with van der Waals surface area (Å²) >= 11 is 0. The maximum atomic E-state index is 3.27. The summed E-state index contributed by atoms with van der Waals surface area (Å²) in [5.41, 5.74) is 7.22.